The van der Waals surface area contributed by atoms with E-state index in [1.54, 1.807) is 23.9 Å². The van der Waals surface area contributed by atoms with Crippen LogP contribution in [0.1, 0.15) is 236 Å². The molecule has 8 amide bonds. The Hall–Kier alpha value is -7.99. The van der Waals surface area contributed by atoms with Gasteiger partial charge < -0.3 is 70.7 Å². The van der Waals surface area contributed by atoms with Gasteiger partial charge in [0, 0.05) is 112 Å². The van der Waals surface area contributed by atoms with Crippen LogP contribution in [-0.4, -0.2) is 166 Å². The Morgan fingerprint density at radius 1 is 0.510 bits per heavy atom. The fourth-order valence-electron chi connectivity index (χ4n) is 12.9. The number of alkyl carbamates (subject to hydrolysis) is 3. The van der Waals surface area contributed by atoms with Crippen LogP contribution in [0, 0.1) is 0 Å². The van der Waals surface area contributed by atoms with Crippen LogP contribution in [0.2, 0.25) is 0 Å². The number of nitrogens with one attached hydrogen (secondary N) is 7. The second-order valence-electron chi connectivity index (χ2n) is 29.6. The molecule has 3 aromatic carbocycles. The van der Waals surface area contributed by atoms with Gasteiger partial charge in [0.05, 0.1) is 38.5 Å². The molecule has 0 aromatic heterocycles. The van der Waals surface area contributed by atoms with E-state index in [1.807, 2.05) is 98.7 Å². The summed E-state index contributed by atoms with van der Waals surface area (Å²) in [5.74, 6) is -0.882. The molecule has 1 unspecified atom stereocenters. The quantitative estimate of drug-likeness (QED) is 0.00913. The van der Waals surface area contributed by atoms with E-state index >= 15 is 0 Å². The van der Waals surface area contributed by atoms with E-state index < -0.39 is 46.5 Å². The number of hydrogen-bond acceptors (Lipinski definition) is 15. The highest BCUT2D eigenvalue weighted by Gasteiger charge is 2.52. The van der Waals surface area contributed by atoms with Gasteiger partial charge >= 0.3 is 18.3 Å². The third-order valence-electron chi connectivity index (χ3n) is 17.7. The summed E-state index contributed by atoms with van der Waals surface area (Å²) < 4.78 is 27.8. The molecular formula is C75H114N12O13. The molecule has 3 aliphatic carbocycles. The van der Waals surface area contributed by atoms with Crippen LogP contribution in [-0.2, 0) is 53.1 Å². The number of ether oxygens (including phenoxy) is 5. The first-order valence-electron chi connectivity index (χ1n) is 36.2. The van der Waals surface area contributed by atoms with Crippen molar-refractivity contribution in [3.8, 4) is 0 Å². The highest BCUT2D eigenvalue weighted by Crippen LogP contribution is 2.62. The Morgan fingerprint density at radius 2 is 0.870 bits per heavy atom. The van der Waals surface area contributed by atoms with Crippen molar-refractivity contribution in [2.24, 2.45) is 5.11 Å². The van der Waals surface area contributed by atoms with Crippen molar-refractivity contribution >= 4 is 64.9 Å². The monoisotopic (exact) mass is 1390 g/mol. The van der Waals surface area contributed by atoms with Crippen molar-refractivity contribution < 1.29 is 62.0 Å². The molecule has 2 atom stereocenters. The number of unbranched alkanes of at least 4 members (excludes halogenated alkanes) is 12. The Balaban J connectivity index is 1.18. The van der Waals surface area contributed by atoms with Gasteiger partial charge in [0.2, 0.25) is 29.5 Å². The molecule has 25 nitrogen and oxygen atoms in total. The first-order valence-corrected chi connectivity index (χ1v) is 36.2. The van der Waals surface area contributed by atoms with Gasteiger partial charge in [-0.25, -0.2) is 14.4 Å². The van der Waals surface area contributed by atoms with Gasteiger partial charge in [-0.05, 0) is 189 Å². The fraction of sp³-hybridized carbons (Fsp3) is 0.653. The van der Waals surface area contributed by atoms with E-state index in [1.165, 1.54) is 0 Å². The van der Waals surface area contributed by atoms with Crippen molar-refractivity contribution in [3.63, 3.8) is 0 Å². The van der Waals surface area contributed by atoms with Crippen molar-refractivity contribution in [1.82, 2.24) is 31.1 Å². The van der Waals surface area contributed by atoms with Gasteiger partial charge in [0.15, 0.2) is 0 Å². The molecule has 1 heterocycles. The highest BCUT2D eigenvalue weighted by atomic mass is 16.6. The van der Waals surface area contributed by atoms with Crippen molar-refractivity contribution in [3.05, 3.63) is 98.4 Å². The topological polar surface area (TPSA) is 322 Å². The molecule has 0 radical (unpaired) electrons. The van der Waals surface area contributed by atoms with Crippen LogP contribution in [0.5, 0.6) is 0 Å². The normalized spacial score (nSPS) is 16.5. The summed E-state index contributed by atoms with van der Waals surface area (Å²) in [5.41, 5.74) is 13.7. The van der Waals surface area contributed by atoms with Crippen LogP contribution < -0.4 is 37.2 Å². The zero-order chi connectivity index (χ0) is 72.9. The molecule has 1 aliphatic heterocycles. The number of nitrogens with zero attached hydrogens (tertiary/aromatic N) is 5. The lowest BCUT2D eigenvalue weighted by Crippen LogP contribution is -2.43. The zero-order valence-corrected chi connectivity index (χ0v) is 61.4. The predicted molar refractivity (Wildman–Crippen MR) is 387 cm³/mol. The van der Waals surface area contributed by atoms with E-state index in [4.69, 9.17) is 29.2 Å². The summed E-state index contributed by atoms with van der Waals surface area (Å²) >= 11 is 0. The third-order valence-corrected chi connectivity index (χ3v) is 17.7. The summed E-state index contributed by atoms with van der Waals surface area (Å²) in [6.07, 6.45) is 12.7. The number of azide groups is 1. The molecule has 4 aliphatic rings. The number of anilines is 3. The molecule has 25 heteroatoms. The van der Waals surface area contributed by atoms with Gasteiger partial charge in [-0.1, -0.05) is 81.1 Å². The van der Waals surface area contributed by atoms with E-state index in [2.05, 4.69) is 65.4 Å². The molecule has 7 N–H and O–H groups in total. The molecule has 1 fully saturated rings. The van der Waals surface area contributed by atoms with E-state index in [-0.39, 0.29) is 74.2 Å². The Morgan fingerprint density at radius 3 is 1.24 bits per heavy atom. The summed E-state index contributed by atoms with van der Waals surface area (Å²) in [6, 6.07) is 17.5. The number of hydrogen-bond donors (Lipinski definition) is 7. The van der Waals surface area contributed by atoms with Crippen LogP contribution >= 0.6 is 0 Å². The SMILES string of the molecule is CN(CCOCCOCCN(C)C(=O)[C@@H]1CC(N=[N+]=[N-])CN1)C(=O)CCC12c3cc(NC(=O)CCCCCCCNC(=O)OC(C)(C)C)ccc3C(c3ccc(NC(=O)CCCCCCCNC(=O)OC(C)(C)C)cc31)c1ccc(NC(=O)CCCCCCCNC(=O)OC(C)(C)C)cc12. The smallest absolute Gasteiger partial charge is 0.407 e. The van der Waals surface area contributed by atoms with E-state index in [0.29, 0.717) is 108 Å². The van der Waals surface area contributed by atoms with Gasteiger partial charge in [-0.3, -0.25) is 24.0 Å². The fourth-order valence-corrected chi connectivity index (χ4v) is 12.9. The minimum Gasteiger partial charge on any atom is -0.444 e. The maximum Gasteiger partial charge on any atom is 0.407 e. The van der Waals surface area contributed by atoms with Gasteiger partial charge in [0.1, 0.15) is 16.8 Å². The molecule has 0 saturated carbocycles. The Bertz CT molecular complexity index is 3000. The van der Waals surface area contributed by atoms with Crippen molar-refractivity contribution in [2.75, 3.05) is 95.7 Å². The lowest BCUT2D eigenvalue weighted by atomic mass is 9.51. The summed E-state index contributed by atoms with van der Waals surface area (Å²) in [5, 5.41) is 24.9. The van der Waals surface area contributed by atoms with E-state index in [9.17, 15) is 38.4 Å². The second-order valence-corrected chi connectivity index (χ2v) is 29.6. The summed E-state index contributed by atoms with van der Waals surface area (Å²) in [4.78, 5) is 112. The van der Waals surface area contributed by atoms with Gasteiger partial charge in [0.25, 0.3) is 0 Å². The van der Waals surface area contributed by atoms with Crippen LogP contribution in [0.3, 0.4) is 0 Å². The van der Waals surface area contributed by atoms with Crippen LogP contribution in [0.25, 0.3) is 10.4 Å². The first kappa shape index (κ1) is 81.0. The number of rotatable bonds is 41. The summed E-state index contributed by atoms with van der Waals surface area (Å²) in [6.45, 7) is 20.2. The Kier molecular flexibility index (Phi) is 32.3. The average Bonchev–Trinajstić information content (AvgIpc) is 0.689. The molecule has 1 saturated heterocycles. The van der Waals surface area contributed by atoms with Crippen LogP contribution in [0.15, 0.2) is 59.7 Å². The molecule has 3 aromatic rings. The number of carbonyl (C=O) groups is 8. The van der Waals surface area contributed by atoms with Crippen LogP contribution in [0.4, 0.5) is 31.4 Å². The largest absolute Gasteiger partial charge is 0.444 e. The standard InChI is InChI=1S/C75H114N12O13/c1-72(2,3)98-69(93)77-38-24-18-12-15-21-27-63(88)81-52-30-33-56-59(47-52)75(37-36-66(91)86(10)41-43-96-45-46-97-44-42-87(11)68(92)62-50-55(51-80-62)84-85-76)60-48-53(82-64(89)28-22-16-13-19-25-39-78-70(94)99-73(4,5)6)31-34-57(60)67(56)58-35-32-54(49-61(58)75)83-65(90)29-23-17-14-20-26-40-79-71(95)100-74(7,8)9/h30-35,47-49,55,62,67,80H,12-29,36-46,50-51H2,1-11H3,(H,77,93)(H,78,94)(H,79,95)(H,81,88)(H,82,89)(H,83,90)/t55?,62-,67?,75?/m0/s1. The average molecular weight is 1390 g/mol. The molecule has 2 bridgehead atoms. The lowest BCUT2D eigenvalue weighted by molar-refractivity contribution is -0.133. The van der Waals surface area contributed by atoms with Crippen molar-refractivity contribution in [2.45, 2.75) is 237 Å². The molecule has 0 spiro atoms. The predicted octanol–water partition coefficient (Wildman–Crippen LogP) is 13.0. The maximum absolute atomic E-state index is 14.7. The number of carbonyl (C=O) groups excluding carboxylic acids is 8. The number of benzene rings is 3. The van der Waals surface area contributed by atoms with E-state index in [0.717, 1.165) is 110 Å². The molecule has 100 heavy (non-hydrogen) atoms. The lowest BCUT2D eigenvalue weighted by Gasteiger charge is -2.51. The molecule has 552 valence electrons. The minimum atomic E-state index is -1.03. The van der Waals surface area contributed by atoms with Gasteiger partial charge in [-0.2, -0.15) is 0 Å². The maximum atomic E-state index is 14.7. The zero-order valence-electron chi connectivity index (χ0n) is 61.4. The first-order chi connectivity index (χ1) is 47.5. The number of amides is 8. The second kappa shape index (κ2) is 39.9. The molecule has 7 rings (SSSR count). The minimum absolute atomic E-state index is 0.0896. The Labute approximate surface area is 592 Å². The summed E-state index contributed by atoms with van der Waals surface area (Å²) in [7, 11) is 3.46. The highest BCUT2D eigenvalue weighted by molar-refractivity contribution is 5.94. The third kappa shape index (κ3) is 27.2. The van der Waals surface area contributed by atoms with Crippen molar-refractivity contribution in [1.29, 1.82) is 0 Å². The number of likely N-dealkylation sites (N-methyl/N-ethyl adjacent to an activating group) is 2. The van der Waals surface area contributed by atoms with Gasteiger partial charge in [-0.15, -0.1) is 0 Å². The molecular weight excluding hydrogens is 1280 g/mol.